The SMILES string of the molecule is Cc1cc(C)cc(-n2nnc(C(=O)NC[C@@H]3CCCO3)c2C)c1. The summed E-state index contributed by atoms with van der Waals surface area (Å²) in [5.41, 5.74) is 4.33. The molecule has 0 saturated carbocycles. The maximum absolute atomic E-state index is 12.3. The fourth-order valence-electron chi connectivity index (χ4n) is 2.95. The highest BCUT2D eigenvalue weighted by Gasteiger charge is 2.20. The summed E-state index contributed by atoms with van der Waals surface area (Å²) in [6, 6.07) is 6.16. The molecule has 1 aliphatic rings. The van der Waals surface area contributed by atoms with Gasteiger partial charge < -0.3 is 10.1 Å². The highest BCUT2D eigenvalue weighted by atomic mass is 16.5. The van der Waals surface area contributed by atoms with Crippen molar-refractivity contribution in [2.45, 2.75) is 39.7 Å². The molecule has 0 bridgehead atoms. The quantitative estimate of drug-likeness (QED) is 0.938. The molecule has 1 fully saturated rings. The summed E-state index contributed by atoms with van der Waals surface area (Å²) in [7, 11) is 0. The molecular weight excluding hydrogens is 292 g/mol. The second-order valence-electron chi connectivity index (χ2n) is 6.13. The lowest BCUT2D eigenvalue weighted by molar-refractivity contribution is 0.0853. The molecule has 1 aromatic carbocycles. The van der Waals surface area contributed by atoms with Gasteiger partial charge in [0.05, 0.1) is 17.5 Å². The number of benzene rings is 1. The van der Waals surface area contributed by atoms with E-state index < -0.39 is 0 Å². The molecular formula is C17H22N4O2. The van der Waals surface area contributed by atoms with Gasteiger partial charge in [-0.3, -0.25) is 4.79 Å². The monoisotopic (exact) mass is 314 g/mol. The Morgan fingerprint density at radius 1 is 1.30 bits per heavy atom. The van der Waals surface area contributed by atoms with Crippen LogP contribution in [0.15, 0.2) is 18.2 Å². The number of aromatic nitrogens is 3. The van der Waals surface area contributed by atoms with E-state index in [2.05, 4.69) is 21.7 Å². The fraction of sp³-hybridized carbons (Fsp3) is 0.471. The minimum Gasteiger partial charge on any atom is -0.376 e. The van der Waals surface area contributed by atoms with Crippen LogP contribution in [-0.2, 0) is 4.74 Å². The van der Waals surface area contributed by atoms with Crippen LogP contribution in [0.4, 0.5) is 0 Å². The van der Waals surface area contributed by atoms with Crippen LogP contribution in [0, 0.1) is 20.8 Å². The number of nitrogens with one attached hydrogen (secondary N) is 1. The first kappa shape index (κ1) is 15.7. The lowest BCUT2D eigenvalue weighted by Crippen LogP contribution is -2.32. The predicted octanol–water partition coefficient (Wildman–Crippen LogP) is 2.10. The van der Waals surface area contributed by atoms with Crippen molar-refractivity contribution >= 4 is 5.91 Å². The lowest BCUT2D eigenvalue weighted by atomic mass is 10.1. The molecule has 6 nitrogen and oxygen atoms in total. The van der Waals surface area contributed by atoms with Crippen molar-refractivity contribution in [1.82, 2.24) is 20.3 Å². The standard InChI is InChI=1S/C17H22N4O2/c1-11-7-12(2)9-14(8-11)21-13(3)16(19-20-21)17(22)18-10-15-5-4-6-23-15/h7-9,15H,4-6,10H2,1-3H3,(H,18,22)/t15-/m0/s1. The molecule has 1 amide bonds. The van der Waals surface area contributed by atoms with Crippen molar-refractivity contribution < 1.29 is 9.53 Å². The smallest absolute Gasteiger partial charge is 0.273 e. The van der Waals surface area contributed by atoms with Crippen LogP contribution in [-0.4, -0.2) is 40.2 Å². The van der Waals surface area contributed by atoms with Crippen LogP contribution in [0.25, 0.3) is 5.69 Å². The van der Waals surface area contributed by atoms with Gasteiger partial charge in [-0.05, 0) is 56.9 Å². The van der Waals surface area contributed by atoms with Gasteiger partial charge in [0, 0.05) is 13.2 Å². The van der Waals surface area contributed by atoms with Gasteiger partial charge in [0.1, 0.15) is 0 Å². The van der Waals surface area contributed by atoms with Gasteiger partial charge in [0.15, 0.2) is 5.69 Å². The zero-order valence-corrected chi connectivity index (χ0v) is 13.8. The Hall–Kier alpha value is -2.21. The van der Waals surface area contributed by atoms with Crippen molar-refractivity contribution in [1.29, 1.82) is 0 Å². The van der Waals surface area contributed by atoms with E-state index in [4.69, 9.17) is 4.74 Å². The average molecular weight is 314 g/mol. The highest BCUT2D eigenvalue weighted by molar-refractivity contribution is 5.93. The molecule has 0 unspecified atom stereocenters. The molecule has 0 aliphatic carbocycles. The molecule has 1 aliphatic heterocycles. The molecule has 1 N–H and O–H groups in total. The van der Waals surface area contributed by atoms with Crippen LogP contribution < -0.4 is 5.32 Å². The van der Waals surface area contributed by atoms with Crippen LogP contribution in [0.5, 0.6) is 0 Å². The third-order valence-electron chi connectivity index (χ3n) is 4.07. The zero-order valence-electron chi connectivity index (χ0n) is 13.8. The maximum Gasteiger partial charge on any atom is 0.273 e. The molecule has 0 radical (unpaired) electrons. The van der Waals surface area contributed by atoms with Crippen molar-refractivity contribution in [3.63, 3.8) is 0 Å². The van der Waals surface area contributed by atoms with E-state index in [0.717, 1.165) is 42.0 Å². The largest absolute Gasteiger partial charge is 0.376 e. The van der Waals surface area contributed by atoms with E-state index in [1.807, 2.05) is 32.9 Å². The first-order valence-electron chi connectivity index (χ1n) is 7.95. The Balaban J connectivity index is 1.76. The van der Waals surface area contributed by atoms with Crippen molar-refractivity contribution in [2.75, 3.05) is 13.2 Å². The second kappa shape index (κ2) is 6.50. The summed E-state index contributed by atoms with van der Waals surface area (Å²) in [6.07, 6.45) is 2.17. The topological polar surface area (TPSA) is 69.0 Å². The number of ether oxygens (including phenoxy) is 1. The number of hydrogen-bond acceptors (Lipinski definition) is 4. The van der Waals surface area contributed by atoms with Crippen molar-refractivity contribution in [2.24, 2.45) is 0 Å². The van der Waals surface area contributed by atoms with E-state index >= 15 is 0 Å². The summed E-state index contributed by atoms with van der Waals surface area (Å²) in [6.45, 7) is 7.24. The number of carbonyl (C=O) groups excluding carboxylic acids is 1. The van der Waals surface area contributed by atoms with Crippen molar-refractivity contribution in [3.8, 4) is 5.69 Å². The molecule has 0 spiro atoms. The molecule has 23 heavy (non-hydrogen) atoms. The number of rotatable bonds is 4. The van der Waals surface area contributed by atoms with E-state index in [1.54, 1.807) is 4.68 Å². The van der Waals surface area contributed by atoms with E-state index in [1.165, 1.54) is 0 Å². The third kappa shape index (κ3) is 3.42. The summed E-state index contributed by atoms with van der Waals surface area (Å²) in [4.78, 5) is 12.3. The van der Waals surface area contributed by atoms with E-state index in [-0.39, 0.29) is 12.0 Å². The Kier molecular flexibility index (Phi) is 4.43. The number of nitrogens with zero attached hydrogens (tertiary/aromatic N) is 3. The minimum atomic E-state index is -0.200. The van der Waals surface area contributed by atoms with Crippen LogP contribution in [0.2, 0.25) is 0 Å². The van der Waals surface area contributed by atoms with Gasteiger partial charge >= 0.3 is 0 Å². The maximum atomic E-state index is 12.3. The van der Waals surface area contributed by atoms with Gasteiger partial charge in [-0.2, -0.15) is 0 Å². The van der Waals surface area contributed by atoms with Gasteiger partial charge in [-0.15, -0.1) is 5.10 Å². The normalized spacial score (nSPS) is 17.4. The second-order valence-corrected chi connectivity index (χ2v) is 6.13. The fourth-order valence-corrected chi connectivity index (χ4v) is 2.95. The third-order valence-corrected chi connectivity index (χ3v) is 4.07. The van der Waals surface area contributed by atoms with Gasteiger partial charge in [0.2, 0.25) is 0 Å². The number of hydrogen-bond donors (Lipinski definition) is 1. The lowest BCUT2D eigenvalue weighted by Gasteiger charge is -2.10. The molecule has 6 heteroatoms. The summed E-state index contributed by atoms with van der Waals surface area (Å²) < 4.78 is 7.22. The summed E-state index contributed by atoms with van der Waals surface area (Å²) in [5.74, 6) is -0.200. The molecule has 1 atom stereocenters. The van der Waals surface area contributed by atoms with Gasteiger partial charge in [-0.1, -0.05) is 11.3 Å². The number of aryl methyl sites for hydroxylation is 2. The number of amides is 1. The van der Waals surface area contributed by atoms with Crippen molar-refractivity contribution in [3.05, 3.63) is 40.7 Å². The predicted molar refractivity (Wildman–Crippen MR) is 86.9 cm³/mol. The van der Waals surface area contributed by atoms with E-state index in [9.17, 15) is 4.79 Å². The minimum absolute atomic E-state index is 0.119. The Morgan fingerprint density at radius 2 is 2.04 bits per heavy atom. The average Bonchev–Trinajstić information content (AvgIpc) is 3.13. The molecule has 1 aromatic heterocycles. The van der Waals surface area contributed by atoms with Crippen LogP contribution >= 0.6 is 0 Å². The summed E-state index contributed by atoms with van der Waals surface area (Å²) in [5, 5.41) is 11.1. The molecule has 2 aromatic rings. The first-order chi connectivity index (χ1) is 11.0. The molecule has 3 rings (SSSR count). The molecule has 2 heterocycles. The van der Waals surface area contributed by atoms with Gasteiger partial charge in [0.25, 0.3) is 5.91 Å². The Labute approximate surface area is 135 Å². The van der Waals surface area contributed by atoms with E-state index in [0.29, 0.717) is 12.2 Å². The molecule has 122 valence electrons. The number of carbonyl (C=O) groups is 1. The van der Waals surface area contributed by atoms with Crippen LogP contribution in [0.1, 0.15) is 40.2 Å². The first-order valence-corrected chi connectivity index (χ1v) is 7.95. The molecule has 1 saturated heterocycles. The highest BCUT2D eigenvalue weighted by Crippen LogP contribution is 2.16. The Bertz CT molecular complexity index is 697. The zero-order chi connectivity index (χ0) is 16.4. The van der Waals surface area contributed by atoms with Crippen LogP contribution in [0.3, 0.4) is 0 Å². The Morgan fingerprint density at radius 3 is 2.70 bits per heavy atom. The summed E-state index contributed by atoms with van der Waals surface area (Å²) >= 11 is 0. The van der Waals surface area contributed by atoms with Gasteiger partial charge in [-0.25, -0.2) is 4.68 Å².